The number of nitrogens with zero attached hydrogens (tertiary/aromatic N) is 4. The number of ketones is 1. The number of piperazine rings is 1. The van der Waals surface area contributed by atoms with Crippen LogP contribution in [0.3, 0.4) is 0 Å². The lowest BCUT2D eigenvalue weighted by atomic mass is 9.95. The fourth-order valence-corrected chi connectivity index (χ4v) is 5.25. The Hall–Kier alpha value is -4.71. The Morgan fingerprint density at radius 1 is 1.12 bits per heavy atom. The van der Waals surface area contributed by atoms with Crippen LogP contribution in [0.4, 0.5) is 4.79 Å². The normalized spacial score (nSPS) is 18.7. The molecule has 2 aromatic carbocycles. The standard InChI is InChI=1S/C30H32ClN7O5/c1-30(2,3)43-23-12-18(22(39)13-24(32)40)6-9-21(23)28-36-26(17-4-7-20(31)8-5-17)27(19-14-34-35-15-19)38(28)29(42)37-11-10-33-25(41)16-37/h4-9,12,14-15,26-27H,10-11,13,16H2,1-3H3,(H2,32,40)(H,33,41)(H,34,35). The number of primary amides is 1. The summed E-state index contributed by atoms with van der Waals surface area (Å²) < 4.78 is 6.31. The second-order valence-corrected chi connectivity index (χ2v) is 11.8. The molecule has 224 valence electrons. The van der Waals surface area contributed by atoms with Gasteiger partial charge >= 0.3 is 6.03 Å². The predicted octanol–water partition coefficient (Wildman–Crippen LogP) is 3.40. The van der Waals surface area contributed by atoms with E-state index in [4.69, 9.17) is 27.1 Å². The Morgan fingerprint density at radius 2 is 1.86 bits per heavy atom. The van der Waals surface area contributed by atoms with Gasteiger partial charge in [-0.1, -0.05) is 29.8 Å². The number of aromatic amines is 1. The van der Waals surface area contributed by atoms with Crippen molar-refractivity contribution < 1.29 is 23.9 Å². The van der Waals surface area contributed by atoms with Crippen molar-refractivity contribution in [2.45, 2.75) is 44.9 Å². The van der Waals surface area contributed by atoms with Gasteiger partial charge < -0.3 is 20.7 Å². The lowest BCUT2D eigenvalue weighted by molar-refractivity contribution is -0.123. The molecule has 3 aromatic rings. The number of benzene rings is 2. The van der Waals surface area contributed by atoms with E-state index in [1.165, 1.54) is 11.0 Å². The zero-order valence-corrected chi connectivity index (χ0v) is 24.7. The van der Waals surface area contributed by atoms with Crippen molar-refractivity contribution in [3.63, 3.8) is 0 Å². The quantitative estimate of drug-likeness (QED) is 0.276. The van der Waals surface area contributed by atoms with Crippen LogP contribution in [-0.4, -0.2) is 74.7 Å². The van der Waals surface area contributed by atoms with Crippen LogP contribution in [-0.2, 0) is 9.59 Å². The third-order valence-corrected chi connectivity index (χ3v) is 7.20. The lowest BCUT2D eigenvalue weighted by Gasteiger charge is -2.35. The molecular weight excluding hydrogens is 574 g/mol. The van der Waals surface area contributed by atoms with Crippen molar-refractivity contribution >= 4 is 41.1 Å². The number of amidine groups is 1. The highest BCUT2D eigenvalue weighted by atomic mass is 35.5. The first-order chi connectivity index (χ1) is 20.4. The van der Waals surface area contributed by atoms with Crippen LogP contribution in [0.15, 0.2) is 59.9 Å². The maximum absolute atomic E-state index is 14.4. The molecule has 4 N–H and O–H groups in total. The van der Waals surface area contributed by atoms with Crippen molar-refractivity contribution in [1.29, 1.82) is 0 Å². The molecule has 0 saturated carbocycles. The summed E-state index contributed by atoms with van der Waals surface area (Å²) >= 11 is 6.19. The van der Waals surface area contributed by atoms with Gasteiger partial charge in [0.15, 0.2) is 5.78 Å². The number of aromatic nitrogens is 2. The van der Waals surface area contributed by atoms with Crippen LogP contribution in [0, 0.1) is 0 Å². The van der Waals surface area contributed by atoms with E-state index in [1.54, 1.807) is 41.6 Å². The molecular formula is C30H32ClN7O5. The summed E-state index contributed by atoms with van der Waals surface area (Å²) in [6.07, 6.45) is 2.87. The number of nitrogens with one attached hydrogen (secondary N) is 2. The number of hydrogen-bond acceptors (Lipinski definition) is 7. The molecule has 43 heavy (non-hydrogen) atoms. The number of amides is 4. The minimum atomic E-state index is -0.747. The first-order valence-electron chi connectivity index (χ1n) is 13.7. The monoisotopic (exact) mass is 605 g/mol. The summed E-state index contributed by atoms with van der Waals surface area (Å²) in [6, 6.07) is 10.3. The average Bonchev–Trinajstić information content (AvgIpc) is 3.60. The number of hydrogen-bond donors (Lipinski definition) is 3. The molecule has 2 atom stereocenters. The molecule has 4 amide bonds. The molecule has 1 fully saturated rings. The summed E-state index contributed by atoms with van der Waals surface area (Å²) in [5.41, 5.74) is 6.74. The molecule has 0 radical (unpaired) electrons. The Labute approximate surface area is 253 Å². The Balaban J connectivity index is 1.69. The molecule has 1 saturated heterocycles. The molecule has 2 aliphatic heterocycles. The van der Waals surface area contributed by atoms with E-state index >= 15 is 0 Å². The minimum Gasteiger partial charge on any atom is -0.487 e. The van der Waals surface area contributed by atoms with E-state index in [1.807, 2.05) is 32.9 Å². The predicted molar refractivity (Wildman–Crippen MR) is 159 cm³/mol. The average molecular weight is 606 g/mol. The van der Waals surface area contributed by atoms with Gasteiger partial charge in [0, 0.05) is 35.4 Å². The van der Waals surface area contributed by atoms with Crippen molar-refractivity contribution in [2.75, 3.05) is 19.6 Å². The van der Waals surface area contributed by atoms with Gasteiger partial charge in [-0.05, 0) is 50.6 Å². The zero-order valence-electron chi connectivity index (χ0n) is 24.0. The van der Waals surface area contributed by atoms with Crippen LogP contribution in [0.25, 0.3) is 0 Å². The summed E-state index contributed by atoms with van der Waals surface area (Å²) in [7, 11) is 0. The fraction of sp³-hybridized carbons (Fsp3) is 0.333. The summed E-state index contributed by atoms with van der Waals surface area (Å²) in [4.78, 5) is 59.0. The van der Waals surface area contributed by atoms with Crippen LogP contribution in [0.2, 0.25) is 5.02 Å². The van der Waals surface area contributed by atoms with Gasteiger partial charge in [0.25, 0.3) is 0 Å². The van der Waals surface area contributed by atoms with Crippen molar-refractivity contribution in [2.24, 2.45) is 10.7 Å². The molecule has 5 rings (SSSR count). The second-order valence-electron chi connectivity index (χ2n) is 11.3. The van der Waals surface area contributed by atoms with Gasteiger partial charge in [-0.3, -0.25) is 29.4 Å². The largest absolute Gasteiger partial charge is 0.487 e. The number of H-pyrrole nitrogens is 1. The van der Waals surface area contributed by atoms with E-state index < -0.39 is 41.8 Å². The van der Waals surface area contributed by atoms with Gasteiger partial charge in [0.2, 0.25) is 11.8 Å². The highest BCUT2D eigenvalue weighted by molar-refractivity contribution is 6.30. The smallest absolute Gasteiger partial charge is 0.326 e. The van der Waals surface area contributed by atoms with Crippen LogP contribution in [0.1, 0.15) is 66.3 Å². The molecule has 0 spiro atoms. The number of halogens is 1. The van der Waals surface area contributed by atoms with Crippen molar-refractivity contribution in [1.82, 2.24) is 25.3 Å². The summed E-state index contributed by atoms with van der Waals surface area (Å²) in [5.74, 6) is -0.897. The number of Topliss-reactive ketones (excluding diaryl/α,β-unsaturated/α-hetero) is 1. The van der Waals surface area contributed by atoms with Crippen molar-refractivity contribution in [3.8, 4) is 5.75 Å². The third kappa shape index (κ3) is 6.54. The zero-order chi connectivity index (χ0) is 30.9. The maximum atomic E-state index is 14.4. The number of nitrogens with two attached hydrogens (primary N) is 1. The molecule has 0 bridgehead atoms. The fourth-order valence-electron chi connectivity index (χ4n) is 5.13. The molecule has 2 aliphatic rings. The van der Waals surface area contributed by atoms with E-state index in [-0.39, 0.29) is 23.9 Å². The van der Waals surface area contributed by atoms with Crippen LogP contribution < -0.4 is 15.8 Å². The summed E-state index contributed by atoms with van der Waals surface area (Å²) in [6.45, 7) is 6.07. The highest BCUT2D eigenvalue weighted by Crippen LogP contribution is 2.45. The first kappa shape index (κ1) is 29.8. The van der Waals surface area contributed by atoms with Crippen LogP contribution in [0.5, 0.6) is 5.75 Å². The number of carbonyl (C=O) groups excluding carboxylic acids is 4. The van der Waals surface area contributed by atoms with Gasteiger partial charge in [-0.15, -0.1) is 0 Å². The number of rotatable bonds is 7. The van der Waals surface area contributed by atoms with Gasteiger partial charge in [-0.25, -0.2) is 4.79 Å². The van der Waals surface area contributed by atoms with E-state index in [2.05, 4.69) is 15.5 Å². The van der Waals surface area contributed by atoms with E-state index in [0.29, 0.717) is 35.0 Å². The maximum Gasteiger partial charge on any atom is 0.326 e. The highest BCUT2D eigenvalue weighted by Gasteiger charge is 2.45. The number of ether oxygens (including phenoxy) is 1. The molecule has 0 aliphatic carbocycles. The number of urea groups is 1. The minimum absolute atomic E-state index is 0.113. The molecule has 12 nitrogen and oxygen atoms in total. The Bertz CT molecular complexity index is 1580. The number of aliphatic imine (C=N–C) groups is 1. The molecule has 13 heteroatoms. The number of carbonyl (C=O) groups is 4. The Morgan fingerprint density at radius 3 is 2.49 bits per heavy atom. The molecule has 1 aromatic heterocycles. The Kier molecular flexibility index (Phi) is 8.23. The molecule has 2 unspecified atom stereocenters. The van der Waals surface area contributed by atoms with Gasteiger partial charge in [0.1, 0.15) is 29.8 Å². The second kappa shape index (κ2) is 11.9. The SMILES string of the molecule is CC(C)(C)Oc1cc(C(=O)CC(N)=O)ccc1C1=NC(c2ccc(Cl)cc2)C(c2cn[nH]c2)N1C(=O)N1CCNC(=O)C1. The van der Waals surface area contributed by atoms with E-state index in [0.717, 1.165) is 5.56 Å². The summed E-state index contributed by atoms with van der Waals surface area (Å²) in [5, 5.41) is 10.3. The molecule has 3 heterocycles. The van der Waals surface area contributed by atoms with Gasteiger partial charge in [0.05, 0.1) is 24.2 Å². The van der Waals surface area contributed by atoms with Gasteiger partial charge in [-0.2, -0.15) is 5.10 Å². The topological polar surface area (TPSA) is 163 Å². The van der Waals surface area contributed by atoms with Crippen LogP contribution >= 0.6 is 11.6 Å². The first-order valence-corrected chi connectivity index (χ1v) is 14.1. The third-order valence-electron chi connectivity index (χ3n) is 6.95. The van der Waals surface area contributed by atoms with Crippen molar-refractivity contribution in [3.05, 3.63) is 82.1 Å². The van der Waals surface area contributed by atoms with E-state index in [9.17, 15) is 19.2 Å². The lowest BCUT2D eigenvalue weighted by Crippen LogP contribution is -2.55.